The van der Waals surface area contributed by atoms with Gasteiger partial charge in [0.15, 0.2) is 0 Å². The van der Waals surface area contributed by atoms with Gasteiger partial charge in [-0.15, -0.1) is 0 Å². The Labute approximate surface area is 298 Å². The van der Waals surface area contributed by atoms with Gasteiger partial charge >= 0.3 is 0 Å². The lowest BCUT2D eigenvalue weighted by atomic mass is 10.0. The molecule has 0 fully saturated rings. The van der Waals surface area contributed by atoms with Crippen LogP contribution in [0.25, 0.3) is 0 Å². The SMILES string of the molecule is CCCCCCCCCCCCCCCCCCCCBr.CCCCCCCCCCCCCCCCCCCCCCBr. The summed E-state index contributed by atoms with van der Waals surface area (Å²) in [5.41, 5.74) is 0. The number of rotatable bonds is 38. The summed E-state index contributed by atoms with van der Waals surface area (Å²) in [7, 11) is 0. The largest absolute Gasteiger partial charge is 0.0928 e. The zero-order chi connectivity index (χ0) is 32.3. The van der Waals surface area contributed by atoms with Crippen LogP contribution in [-0.2, 0) is 0 Å². The minimum absolute atomic E-state index is 1.19. The molecule has 0 aliphatic rings. The van der Waals surface area contributed by atoms with Crippen LogP contribution in [0.2, 0.25) is 0 Å². The lowest BCUT2D eigenvalue weighted by Gasteiger charge is -2.03. The first kappa shape index (κ1) is 47.1. The molecule has 44 heavy (non-hydrogen) atoms. The molecule has 0 unspecified atom stereocenters. The van der Waals surface area contributed by atoms with Crippen LogP contribution < -0.4 is 0 Å². The molecule has 0 rings (SSSR count). The molecule has 0 nitrogen and oxygen atoms in total. The van der Waals surface area contributed by atoms with E-state index in [0.717, 1.165) is 0 Å². The molecular formula is C42H86Br2. The normalized spacial score (nSPS) is 11.2. The quantitative estimate of drug-likeness (QED) is 0.0435. The van der Waals surface area contributed by atoms with E-state index in [1.54, 1.807) is 0 Å². The molecule has 0 saturated carbocycles. The first-order valence-electron chi connectivity index (χ1n) is 20.9. The fourth-order valence-electron chi connectivity index (χ4n) is 6.35. The van der Waals surface area contributed by atoms with Crippen molar-refractivity contribution in [3.8, 4) is 0 Å². The van der Waals surface area contributed by atoms with Crippen molar-refractivity contribution in [1.82, 2.24) is 0 Å². The first-order valence-corrected chi connectivity index (χ1v) is 23.2. The van der Waals surface area contributed by atoms with Gasteiger partial charge < -0.3 is 0 Å². The molecule has 0 aliphatic carbocycles. The Morgan fingerprint density at radius 1 is 0.182 bits per heavy atom. The standard InChI is InChI=1S/C22H45Br.C20H41Br/c1-2-3-4-5-6-7-8-9-10-11-12-13-14-15-16-17-18-19-20-21-22-23;1-2-3-4-5-6-7-8-9-10-11-12-13-14-15-16-17-18-19-20-21/h2-22H2,1H3;2-20H2,1H3. The predicted octanol–water partition coefficient (Wildman–Crippen LogP) is 17.6. The summed E-state index contributed by atoms with van der Waals surface area (Å²) in [5, 5.41) is 2.37. The van der Waals surface area contributed by atoms with Gasteiger partial charge in [-0.05, 0) is 12.8 Å². The van der Waals surface area contributed by atoms with Gasteiger partial charge in [0, 0.05) is 10.7 Å². The van der Waals surface area contributed by atoms with Crippen LogP contribution in [0.15, 0.2) is 0 Å². The maximum atomic E-state index is 3.50. The maximum Gasteiger partial charge on any atom is 0.00313 e. The van der Waals surface area contributed by atoms with E-state index < -0.39 is 0 Å². The Bertz CT molecular complexity index is 399. The van der Waals surface area contributed by atoms with E-state index in [2.05, 4.69) is 45.7 Å². The third-order valence-electron chi connectivity index (χ3n) is 9.47. The average Bonchev–Trinajstić information content (AvgIpc) is 3.04. The van der Waals surface area contributed by atoms with Crippen molar-refractivity contribution in [3.63, 3.8) is 0 Å². The van der Waals surface area contributed by atoms with E-state index in [1.807, 2.05) is 0 Å². The van der Waals surface area contributed by atoms with Crippen LogP contribution in [0, 0.1) is 0 Å². The van der Waals surface area contributed by atoms with E-state index in [0.29, 0.717) is 0 Å². The van der Waals surface area contributed by atoms with Crippen LogP contribution in [0.5, 0.6) is 0 Å². The molecule has 0 aromatic rings. The van der Waals surface area contributed by atoms with Crippen molar-refractivity contribution in [2.24, 2.45) is 0 Å². The minimum atomic E-state index is 1.19. The third kappa shape index (κ3) is 49.8. The zero-order valence-electron chi connectivity index (χ0n) is 31.0. The van der Waals surface area contributed by atoms with Gasteiger partial charge in [0.05, 0.1) is 0 Å². The van der Waals surface area contributed by atoms with Gasteiger partial charge in [-0.2, -0.15) is 0 Å². The van der Waals surface area contributed by atoms with E-state index in [1.165, 1.54) is 255 Å². The van der Waals surface area contributed by atoms with Gasteiger partial charge in [0.25, 0.3) is 0 Å². The molecule has 0 radical (unpaired) electrons. The van der Waals surface area contributed by atoms with E-state index >= 15 is 0 Å². The van der Waals surface area contributed by atoms with Crippen molar-refractivity contribution < 1.29 is 0 Å². The lowest BCUT2D eigenvalue weighted by Crippen LogP contribution is -1.84. The first-order chi connectivity index (χ1) is 21.8. The van der Waals surface area contributed by atoms with Gasteiger partial charge in [0.2, 0.25) is 0 Å². The molecule has 0 aromatic heterocycles. The second-order valence-corrected chi connectivity index (χ2v) is 15.7. The Balaban J connectivity index is 0. The molecule has 0 aromatic carbocycles. The highest BCUT2D eigenvalue weighted by Gasteiger charge is 1.96. The van der Waals surface area contributed by atoms with Crippen molar-refractivity contribution >= 4 is 31.9 Å². The maximum absolute atomic E-state index is 3.50. The molecule has 0 atom stereocenters. The highest BCUT2D eigenvalue weighted by Crippen LogP contribution is 2.16. The number of halogens is 2. The minimum Gasteiger partial charge on any atom is -0.0928 e. The Hall–Kier alpha value is 0.960. The van der Waals surface area contributed by atoms with Gasteiger partial charge in [0.1, 0.15) is 0 Å². The summed E-state index contributed by atoms with van der Waals surface area (Å²) >= 11 is 7.00. The molecule has 0 N–H and O–H groups in total. The molecule has 0 bridgehead atoms. The summed E-state index contributed by atoms with van der Waals surface area (Å²) in [6, 6.07) is 0. The van der Waals surface area contributed by atoms with E-state index in [4.69, 9.17) is 0 Å². The van der Waals surface area contributed by atoms with E-state index in [9.17, 15) is 0 Å². The fourth-order valence-corrected chi connectivity index (χ4v) is 7.14. The Morgan fingerprint density at radius 2 is 0.295 bits per heavy atom. The molecular weight excluding hydrogens is 664 g/mol. The summed E-state index contributed by atoms with van der Waals surface area (Å²) in [5.74, 6) is 0. The average molecular weight is 751 g/mol. The van der Waals surface area contributed by atoms with Crippen LogP contribution in [0.3, 0.4) is 0 Å². The van der Waals surface area contributed by atoms with Gasteiger partial charge in [-0.3, -0.25) is 0 Å². The number of alkyl halides is 2. The third-order valence-corrected chi connectivity index (χ3v) is 10.6. The monoisotopic (exact) mass is 749 g/mol. The molecule has 0 amide bonds. The van der Waals surface area contributed by atoms with Gasteiger partial charge in [-0.1, -0.05) is 277 Å². The van der Waals surface area contributed by atoms with Crippen molar-refractivity contribution in [3.05, 3.63) is 0 Å². The van der Waals surface area contributed by atoms with Crippen LogP contribution in [-0.4, -0.2) is 10.7 Å². The van der Waals surface area contributed by atoms with E-state index in [-0.39, 0.29) is 0 Å². The number of hydrogen-bond donors (Lipinski definition) is 0. The van der Waals surface area contributed by atoms with Crippen LogP contribution in [0.1, 0.15) is 258 Å². The summed E-state index contributed by atoms with van der Waals surface area (Å²) < 4.78 is 0. The van der Waals surface area contributed by atoms with Crippen LogP contribution >= 0.6 is 31.9 Å². The Kier molecular flexibility index (Phi) is 51.7. The topological polar surface area (TPSA) is 0 Å². The summed E-state index contributed by atoms with van der Waals surface area (Å²) in [6.07, 6.45) is 55.5. The van der Waals surface area contributed by atoms with Crippen molar-refractivity contribution in [2.45, 2.75) is 258 Å². The molecule has 2 heteroatoms. The summed E-state index contributed by atoms with van der Waals surface area (Å²) in [6.45, 7) is 4.60. The molecule has 268 valence electrons. The summed E-state index contributed by atoms with van der Waals surface area (Å²) in [4.78, 5) is 0. The second kappa shape index (κ2) is 48.4. The molecule has 0 heterocycles. The highest BCUT2D eigenvalue weighted by molar-refractivity contribution is 9.09. The van der Waals surface area contributed by atoms with Crippen molar-refractivity contribution in [1.29, 1.82) is 0 Å². The lowest BCUT2D eigenvalue weighted by molar-refractivity contribution is 0.523. The van der Waals surface area contributed by atoms with Crippen LogP contribution in [0.4, 0.5) is 0 Å². The zero-order valence-corrected chi connectivity index (χ0v) is 34.2. The second-order valence-electron chi connectivity index (χ2n) is 14.1. The molecule has 0 spiro atoms. The number of hydrogen-bond acceptors (Lipinski definition) is 0. The number of unbranched alkanes of at least 4 members (excludes halogenated alkanes) is 36. The van der Waals surface area contributed by atoms with Crippen molar-refractivity contribution in [2.75, 3.05) is 10.7 Å². The molecule has 0 aliphatic heterocycles. The molecule has 0 saturated heterocycles. The fraction of sp³-hybridized carbons (Fsp3) is 1.00. The smallest absolute Gasteiger partial charge is 0.00313 e. The highest BCUT2D eigenvalue weighted by atomic mass is 79.9. The predicted molar refractivity (Wildman–Crippen MR) is 214 cm³/mol. The Morgan fingerprint density at radius 3 is 0.409 bits per heavy atom. The van der Waals surface area contributed by atoms with Gasteiger partial charge in [-0.25, -0.2) is 0 Å².